The standard InChI is InChI=1S/C9H13ClN2O5S2/c1-9(2)16-5(4-15-19(11,13)14)7(17-9)6-3-12-8(10)18-6/h3,5,7H,4H2,1-2H3,(H2,11,13,14)/t5-,7+/m1/s1. The van der Waals surface area contributed by atoms with Crippen molar-refractivity contribution in [1.82, 2.24) is 4.98 Å². The lowest BCUT2D eigenvalue weighted by atomic mass is 10.2. The molecule has 108 valence electrons. The third-order valence-electron chi connectivity index (χ3n) is 2.36. The van der Waals surface area contributed by atoms with Gasteiger partial charge in [0.1, 0.15) is 12.2 Å². The molecule has 10 heteroatoms. The van der Waals surface area contributed by atoms with Crippen molar-refractivity contribution >= 4 is 33.2 Å². The van der Waals surface area contributed by atoms with Gasteiger partial charge in [0.05, 0.1) is 11.5 Å². The van der Waals surface area contributed by atoms with Crippen molar-refractivity contribution in [2.75, 3.05) is 6.61 Å². The molecule has 1 fully saturated rings. The van der Waals surface area contributed by atoms with Crippen LogP contribution in [-0.4, -0.2) is 31.9 Å². The van der Waals surface area contributed by atoms with Gasteiger partial charge < -0.3 is 9.47 Å². The summed E-state index contributed by atoms with van der Waals surface area (Å²) >= 11 is 7.01. The van der Waals surface area contributed by atoms with Gasteiger partial charge in [-0.15, -0.1) is 11.3 Å². The topological polar surface area (TPSA) is 101 Å². The van der Waals surface area contributed by atoms with Crippen LogP contribution in [0.4, 0.5) is 0 Å². The minimum absolute atomic E-state index is 0.234. The predicted molar refractivity (Wildman–Crippen MR) is 69.0 cm³/mol. The van der Waals surface area contributed by atoms with E-state index < -0.39 is 28.3 Å². The highest BCUT2D eigenvalue weighted by Crippen LogP contribution is 2.40. The summed E-state index contributed by atoms with van der Waals surface area (Å²) in [6.07, 6.45) is 0.457. The number of hydrogen-bond acceptors (Lipinski definition) is 7. The molecule has 0 unspecified atom stereocenters. The second-order valence-corrected chi connectivity index (χ2v) is 7.25. The Labute approximate surface area is 119 Å². The third-order valence-corrected chi connectivity index (χ3v) is 4.00. The van der Waals surface area contributed by atoms with Gasteiger partial charge in [-0.2, -0.15) is 8.42 Å². The van der Waals surface area contributed by atoms with Gasteiger partial charge in [-0.05, 0) is 13.8 Å². The van der Waals surface area contributed by atoms with Crippen LogP contribution in [0.25, 0.3) is 0 Å². The molecule has 0 bridgehead atoms. The van der Waals surface area contributed by atoms with Crippen molar-refractivity contribution in [2.24, 2.45) is 5.14 Å². The van der Waals surface area contributed by atoms with Gasteiger partial charge in [-0.1, -0.05) is 11.6 Å². The number of ether oxygens (including phenoxy) is 2. The van der Waals surface area contributed by atoms with Crippen LogP contribution in [0, 0.1) is 0 Å². The van der Waals surface area contributed by atoms with E-state index in [0.717, 1.165) is 4.88 Å². The van der Waals surface area contributed by atoms with Crippen molar-refractivity contribution in [3.63, 3.8) is 0 Å². The summed E-state index contributed by atoms with van der Waals surface area (Å²) in [5.41, 5.74) is 0. The molecule has 1 aromatic heterocycles. The predicted octanol–water partition coefficient (Wildman–Crippen LogP) is 1.21. The van der Waals surface area contributed by atoms with Crippen LogP contribution in [0.15, 0.2) is 6.20 Å². The monoisotopic (exact) mass is 328 g/mol. The highest BCUT2D eigenvalue weighted by molar-refractivity contribution is 7.84. The zero-order valence-corrected chi connectivity index (χ0v) is 12.6. The number of aromatic nitrogens is 1. The number of hydrogen-bond donors (Lipinski definition) is 1. The summed E-state index contributed by atoms with van der Waals surface area (Å²) in [6, 6.07) is 0. The fourth-order valence-electron chi connectivity index (χ4n) is 1.76. The average molecular weight is 329 g/mol. The summed E-state index contributed by atoms with van der Waals surface area (Å²) in [6.45, 7) is 3.21. The van der Waals surface area contributed by atoms with Crippen LogP contribution >= 0.6 is 22.9 Å². The lowest BCUT2D eigenvalue weighted by Crippen LogP contribution is -2.28. The Morgan fingerprint density at radius 1 is 1.58 bits per heavy atom. The van der Waals surface area contributed by atoms with Crippen LogP contribution in [-0.2, 0) is 24.0 Å². The van der Waals surface area contributed by atoms with Crippen LogP contribution in [0.5, 0.6) is 0 Å². The van der Waals surface area contributed by atoms with E-state index in [-0.39, 0.29) is 6.61 Å². The molecule has 1 aliphatic rings. The normalized spacial score (nSPS) is 26.7. The zero-order valence-electron chi connectivity index (χ0n) is 10.2. The van der Waals surface area contributed by atoms with Gasteiger partial charge in [0.2, 0.25) is 0 Å². The first-order valence-electron chi connectivity index (χ1n) is 5.30. The van der Waals surface area contributed by atoms with Crippen LogP contribution in [0.2, 0.25) is 4.47 Å². The van der Waals surface area contributed by atoms with Crippen molar-refractivity contribution in [3.05, 3.63) is 15.5 Å². The van der Waals surface area contributed by atoms with E-state index in [9.17, 15) is 8.42 Å². The molecule has 19 heavy (non-hydrogen) atoms. The number of nitrogens with two attached hydrogens (primary N) is 1. The highest BCUT2D eigenvalue weighted by Gasteiger charge is 2.43. The van der Waals surface area contributed by atoms with Gasteiger partial charge in [0, 0.05) is 6.20 Å². The van der Waals surface area contributed by atoms with Crippen LogP contribution in [0.3, 0.4) is 0 Å². The summed E-state index contributed by atoms with van der Waals surface area (Å²) in [5.74, 6) is -0.854. The minimum Gasteiger partial charge on any atom is -0.342 e. The first-order chi connectivity index (χ1) is 8.66. The zero-order chi connectivity index (χ0) is 14.3. The van der Waals surface area contributed by atoms with Crippen LogP contribution in [0.1, 0.15) is 24.8 Å². The molecule has 1 aromatic rings. The quantitative estimate of drug-likeness (QED) is 0.891. The van der Waals surface area contributed by atoms with Gasteiger partial charge in [0.25, 0.3) is 0 Å². The van der Waals surface area contributed by atoms with Crippen molar-refractivity contribution in [2.45, 2.75) is 31.8 Å². The highest BCUT2D eigenvalue weighted by atomic mass is 35.5. The maximum Gasteiger partial charge on any atom is 0.333 e. The van der Waals surface area contributed by atoms with E-state index in [4.69, 9.17) is 26.2 Å². The first kappa shape index (κ1) is 15.1. The van der Waals surface area contributed by atoms with Gasteiger partial charge in [-0.3, -0.25) is 4.18 Å². The molecule has 2 rings (SSSR count). The Bertz CT molecular complexity index is 559. The van der Waals surface area contributed by atoms with Crippen molar-refractivity contribution in [1.29, 1.82) is 0 Å². The molecule has 2 heterocycles. The molecule has 0 spiro atoms. The number of nitrogens with zero attached hydrogens (tertiary/aromatic N) is 1. The number of halogens is 1. The molecular formula is C9H13ClN2O5S2. The van der Waals surface area contributed by atoms with E-state index in [1.807, 2.05) is 0 Å². The molecule has 0 aromatic carbocycles. The van der Waals surface area contributed by atoms with Gasteiger partial charge in [0.15, 0.2) is 10.3 Å². The smallest absolute Gasteiger partial charge is 0.333 e. The molecular weight excluding hydrogens is 316 g/mol. The Balaban J connectivity index is 2.15. The minimum atomic E-state index is -4.02. The first-order valence-corrected chi connectivity index (χ1v) is 7.97. The van der Waals surface area contributed by atoms with Gasteiger partial charge >= 0.3 is 10.3 Å². The lowest BCUT2D eigenvalue weighted by molar-refractivity contribution is -0.148. The fourth-order valence-corrected chi connectivity index (χ4v) is 3.12. The Morgan fingerprint density at radius 3 is 2.79 bits per heavy atom. The molecule has 0 radical (unpaired) electrons. The Kier molecular flexibility index (Phi) is 4.17. The largest absolute Gasteiger partial charge is 0.342 e. The van der Waals surface area contributed by atoms with Crippen molar-refractivity contribution in [3.8, 4) is 0 Å². The summed E-state index contributed by atoms with van der Waals surface area (Å²) in [7, 11) is -4.02. The SMILES string of the molecule is CC1(C)O[C@H](c2cnc(Cl)s2)[C@@H](COS(N)(=O)=O)O1. The van der Waals surface area contributed by atoms with E-state index in [1.54, 1.807) is 20.0 Å². The van der Waals surface area contributed by atoms with Crippen LogP contribution < -0.4 is 5.14 Å². The molecule has 2 N–H and O–H groups in total. The molecule has 2 atom stereocenters. The lowest BCUT2D eigenvalue weighted by Gasteiger charge is -2.16. The van der Waals surface area contributed by atoms with E-state index in [1.165, 1.54) is 11.3 Å². The summed E-state index contributed by atoms with van der Waals surface area (Å²) in [5, 5.41) is 4.79. The van der Waals surface area contributed by atoms with Crippen molar-refractivity contribution < 1.29 is 22.1 Å². The van der Waals surface area contributed by atoms with E-state index in [0.29, 0.717) is 4.47 Å². The molecule has 1 aliphatic heterocycles. The Hall–Kier alpha value is -0.290. The average Bonchev–Trinajstić information content (AvgIpc) is 2.78. The molecule has 0 amide bonds. The van der Waals surface area contributed by atoms with E-state index >= 15 is 0 Å². The van der Waals surface area contributed by atoms with E-state index in [2.05, 4.69) is 9.17 Å². The summed E-state index contributed by atoms with van der Waals surface area (Å²) in [4.78, 5) is 4.65. The second-order valence-electron chi connectivity index (χ2n) is 4.39. The molecule has 7 nitrogen and oxygen atoms in total. The maximum absolute atomic E-state index is 10.8. The fraction of sp³-hybridized carbons (Fsp3) is 0.667. The van der Waals surface area contributed by atoms with Gasteiger partial charge in [-0.25, -0.2) is 10.1 Å². The number of thiazole rings is 1. The third kappa shape index (κ3) is 4.09. The number of rotatable bonds is 4. The maximum atomic E-state index is 10.8. The second kappa shape index (κ2) is 5.24. The molecule has 0 saturated carbocycles. The Morgan fingerprint density at radius 2 is 2.26 bits per heavy atom. The molecule has 1 saturated heterocycles. The molecule has 0 aliphatic carbocycles. The summed E-state index contributed by atoms with van der Waals surface area (Å²) < 4.78 is 37.9.